The van der Waals surface area contributed by atoms with Crippen molar-refractivity contribution in [3.05, 3.63) is 33.4 Å². The summed E-state index contributed by atoms with van der Waals surface area (Å²) >= 11 is 2.28. The van der Waals surface area contributed by atoms with Gasteiger partial charge in [-0.25, -0.2) is 0 Å². The monoisotopic (exact) mass is 305 g/mol. The molecule has 0 aromatic heterocycles. The minimum absolute atomic E-state index is 0.273. The number of hydrogen-bond acceptors (Lipinski definition) is 2. The second kappa shape index (κ2) is 5.68. The fraction of sp³-hybridized carbons (Fsp3) is 0.455. The largest absolute Gasteiger partial charge is 0.391 e. The number of hydrogen-bond donors (Lipinski definition) is 1. The number of halogens is 1. The van der Waals surface area contributed by atoms with Crippen LogP contribution in [0.25, 0.3) is 0 Å². The van der Waals surface area contributed by atoms with Crippen LogP contribution in [0.5, 0.6) is 0 Å². The number of nitrogens with zero attached hydrogens (tertiary/aromatic N) is 1. The molecule has 0 fully saturated rings. The molecular weight excluding hydrogens is 289 g/mol. The Bertz CT molecular complexity index is 271. The average molecular weight is 305 g/mol. The fourth-order valence-corrected chi connectivity index (χ4v) is 1.74. The molecule has 0 aliphatic heterocycles. The number of aliphatic hydroxyl groups is 1. The van der Waals surface area contributed by atoms with Gasteiger partial charge in [-0.15, -0.1) is 0 Å². The summed E-state index contributed by atoms with van der Waals surface area (Å²) in [5.74, 6) is 0. The van der Waals surface area contributed by atoms with Crippen LogP contribution in [0, 0.1) is 3.57 Å². The van der Waals surface area contributed by atoms with Gasteiger partial charge in [0.25, 0.3) is 0 Å². The Balaban J connectivity index is 2.47. The van der Waals surface area contributed by atoms with Gasteiger partial charge < -0.3 is 10.0 Å². The molecule has 78 valence electrons. The van der Waals surface area contributed by atoms with Crippen LogP contribution >= 0.6 is 22.6 Å². The van der Waals surface area contributed by atoms with Gasteiger partial charge >= 0.3 is 0 Å². The van der Waals surface area contributed by atoms with E-state index in [0.29, 0.717) is 6.54 Å². The highest BCUT2D eigenvalue weighted by Crippen LogP contribution is 2.08. The Morgan fingerprint density at radius 2 is 1.86 bits per heavy atom. The third-order valence-electron chi connectivity index (χ3n) is 1.96. The summed E-state index contributed by atoms with van der Waals surface area (Å²) in [5, 5.41) is 9.70. The zero-order valence-corrected chi connectivity index (χ0v) is 10.7. The van der Waals surface area contributed by atoms with Crippen LogP contribution in [0.3, 0.4) is 0 Å². The first-order valence-electron chi connectivity index (χ1n) is 4.65. The van der Waals surface area contributed by atoms with Crippen molar-refractivity contribution in [2.45, 2.75) is 12.5 Å². The topological polar surface area (TPSA) is 23.5 Å². The number of likely N-dealkylation sites (N-methyl/N-ethyl adjacent to an activating group) is 1. The van der Waals surface area contributed by atoms with Crippen LogP contribution in [0.4, 0.5) is 0 Å². The summed E-state index contributed by atoms with van der Waals surface area (Å²) < 4.78 is 1.23. The molecule has 1 rings (SSSR count). The van der Waals surface area contributed by atoms with Gasteiger partial charge in [0.1, 0.15) is 0 Å². The van der Waals surface area contributed by atoms with Gasteiger partial charge in [0.15, 0.2) is 0 Å². The standard InChI is InChI=1S/C11H16INO/c1-13(2)8-11(14)7-9-3-5-10(12)6-4-9/h3-6,11,14H,7-8H2,1-2H3. The average Bonchev–Trinajstić information content (AvgIpc) is 2.07. The van der Waals surface area contributed by atoms with Crippen molar-refractivity contribution in [2.24, 2.45) is 0 Å². The first kappa shape index (κ1) is 11.9. The van der Waals surface area contributed by atoms with Crippen molar-refractivity contribution in [1.82, 2.24) is 4.90 Å². The van der Waals surface area contributed by atoms with Crippen LogP contribution in [0.15, 0.2) is 24.3 Å². The highest BCUT2D eigenvalue weighted by atomic mass is 127. The van der Waals surface area contributed by atoms with Gasteiger partial charge in [0.2, 0.25) is 0 Å². The first-order chi connectivity index (χ1) is 6.58. The van der Waals surface area contributed by atoms with E-state index in [4.69, 9.17) is 0 Å². The molecule has 0 saturated carbocycles. The van der Waals surface area contributed by atoms with Crippen LogP contribution in [0.2, 0.25) is 0 Å². The number of aliphatic hydroxyl groups excluding tert-OH is 1. The summed E-state index contributed by atoms with van der Waals surface area (Å²) in [6.07, 6.45) is 0.458. The quantitative estimate of drug-likeness (QED) is 0.857. The smallest absolute Gasteiger partial charge is 0.0707 e. The van der Waals surface area contributed by atoms with E-state index in [2.05, 4.69) is 46.9 Å². The zero-order chi connectivity index (χ0) is 10.6. The van der Waals surface area contributed by atoms with E-state index in [0.717, 1.165) is 6.42 Å². The van der Waals surface area contributed by atoms with E-state index in [1.165, 1.54) is 9.13 Å². The van der Waals surface area contributed by atoms with Crippen molar-refractivity contribution in [2.75, 3.05) is 20.6 Å². The maximum Gasteiger partial charge on any atom is 0.0707 e. The van der Waals surface area contributed by atoms with Crippen molar-refractivity contribution < 1.29 is 5.11 Å². The molecule has 0 amide bonds. The second-order valence-electron chi connectivity index (χ2n) is 3.75. The molecule has 2 nitrogen and oxygen atoms in total. The Labute approximate surface area is 99.1 Å². The molecule has 0 bridgehead atoms. The van der Waals surface area contributed by atoms with Gasteiger partial charge in [-0.1, -0.05) is 12.1 Å². The fourth-order valence-electron chi connectivity index (χ4n) is 1.38. The molecule has 1 unspecified atom stereocenters. The zero-order valence-electron chi connectivity index (χ0n) is 8.57. The molecule has 0 aliphatic carbocycles. The predicted molar refractivity (Wildman–Crippen MR) is 67.4 cm³/mol. The van der Waals surface area contributed by atoms with Crippen LogP contribution in [-0.4, -0.2) is 36.8 Å². The first-order valence-corrected chi connectivity index (χ1v) is 5.73. The van der Waals surface area contributed by atoms with E-state index in [9.17, 15) is 5.11 Å². The summed E-state index contributed by atoms with van der Waals surface area (Å²) in [4.78, 5) is 2.00. The molecule has 1 aromatic rings. The van der Waals surface area contributed by atoms with Gasteiger partial charge in [-0.2, -0.15) is 0 Å². The second-order valence-corrected chi connectivity index (χ2v) is 4.99. The molecule has 1 atom stereocenters. The molecule has 14 heavy (non-hydrogen) atoms. The van der Waals surface area contributed by atoms with E-state index >= 15 is 0 Å². The van der Waals surface area contributed by atoms with Gasteiger partial charge in [0.05, 0.1) is 6.10 Å². The molecular formula is C11H16INO. The van der Waals surface area contributed by atoms with Gasteiger partial charge in [-0.3, -0.25) is 0 Å². The molecule has 1 N–H and O–H groups in total. The molecule has 0 heterocycles. The SMILES string of the molecule is CN(C)CC(O)Cc1ccc(I)cc1. The van der Waals surface area contributed by atoms with Gasteiger partial charge in [0, 0.05) is 10.1 Å². The highest BCUT2D eigenvalue weighted by molar-refractivity contribution is 14.1. The molecule has 0 saturated heterocycles. The van der Waals surface area contributed by atoms with E-state index in [-0.39, 0.29) is 6.10 Å². The maximum absolute atomic E-state index is 9.70. The summed E-state index contributed by atoms with van der Waals surface area (Å²) in [6.45, 7) is 0.714. The lowest BCUT2D eigenvalue weighted by Crippen LogP contribution is -2.27. The highest BCUT2D eigenvalue weighted by Gasteiger charge is 2.06. The number of benzene rings is 1. The van der Waals surface area contributed by atoms with Gasteiger partial charge in [-0.05, 0) is 60.8 Å². The molecule has 0 spiro atoms. The van der Waals surface area contributed by atoms with E-state index in [1.54, 1.807) is 0 Å². The van der Waals surface area contributed by atoms with Crippen LogP contribution in [0.1, 0.15) is 5.56 Å². The summed E-state index contributed by atoms with van der Waals surface area (Å²) in [5.41, 5.74) is 1.19. The minimum atomic E-state index is -0.273. The van der Waals surface area contributed by atoms with Crippen LogP contribution in [-0.2, 0) is 6.42 Å². The molecule has 0 radical (unpaired) electrons. The third-order valence-corrected chi connectivity index (χ3v) is 2.68. The minimum Gasteiger partial charge on any atom is -0.391 e. The molecule has 3 heteroatoms. The normalized spacial score (nSPS) is 13.2. The van der Waals surface area contributed by atoms with Crippen molar-refractivity contribution >= 4 is 22.6 Å². The Morgan fingerprint density at radius 3 is 2.36 bits per heavy atom. The van der Waals surface area contributed by atoms with E-state index in [1.807, 2.05) is 19.0 Å². The lowest BCUT2D eigenvalue weighted by Gasteiger charge is -2.15. The van der Waals surface area contributed by atoms with Crippen molar-refractivity contribution in [3.63, 3.8) is 0 Å². The lowest BCUT2D eigenvalue weighted by atomic mass is 10.1. The van der Waals surface area contributed by atoms with Crippen LogP contribution < -0.4 is 0 Å². The Kier molecular flexibility index (Phi) is 4.84. The maximum atomic E-state index is 9.70. The van der Waals surface area contributed by atoms with E-state index < -0.39 is 0 Å². The lowest BCUT2D eigenvalue weighted by molar-refractivity contribution is 0.137. The Morgan fingerprint density at radius 1 is 1.29 bits per heavy atom. The number of rotatable bonds is 4. The molecule has 1 aromatic carbocycles. The summed E-state index contributed by atoms with van der Waals surface area (Å²) in [7, 11) is 3.94. The van der Waals surface area contributed by atoms with Crippen molar-refractivity contribution in [1.29, 1.82) is 0 Å². The van der Waals surface area contributed by atoms with Crippen molar-refractivity contribution in [3.8, 4) is 0 Å². The molecule has 0 aliphatic rings. The predicted octanol–water partition coefficient (Wildman–Crippen LogP) is 1.76. The third kappa shape index (κ3) is 4.39. The summed E-state index contributed by atoms with van der Waals surface area (Å²) in [6, 6.07) is 8.28. The Hall–Kier alpha value is -0.130.